The number of benzene rings is 2. The summed E-state index contributed by atoms with van der Waals surface area (Å²) in [7, 11) is 0. The first-order chi connectivity index (χ1) is 16.9. The maximum absolute atomic E-state index is 13.9. The van der Waals surface area contributed by atoms with Gasteiger partial charge in [-0.05, 0) is 75.6 Å². The third-order valence-electron chi connectivity index (χ3n) is 6.86. The van der Waals surface area contributed by atoms with E-state index in [1.807, 2.05) is 0 Å². The lowest BCUT2D eigenvalue weighted by molar-refractivity contribution is -0.151. The fourth-order valence-electron chi connectivity index (χ4n) is 4.85. The number of amides is 2. The van der Waals surface area contributed by atoms with Gasteiger partial charge in [-0.15, -0.1) is 0 Å². The molecule has 2 aliphatic rings. The molecule has 6 nitrogen and oxygen atoms in total. The molecule has 0 bridgehead atoms. The molecule has 4 rings (SSSR count). The zero-order valence-corrected chi connectivity index (χ0v) is 19.8. The van der Waals surface area contributed by atoms with E-state index in [1.165, 1.54) is 23.1 Å². The number of unbranched alkanes of at least 4 members (excludes halogenated alkanes) is 1. The molecule has 0 atom stereocenters. The monoisotopic (exact) mass is 483 g/mol. The highest BCUT2D eigenvalue weighted by Crippen LogP contribution is 2.22. The van der Waals surface area contributed by atoms with Crippen molar-refractivity contribution < 1.29 is 23.2 Å². The van der Waals surface area contributed by atoms with E-state index in [9.17, 15) is 23.2 Å². The molecule has 8 heteroatoms. The van der Waals surface area contributed by atoms with Gasteiger partial charge >= 0.3 is 0 Å². The summed E-state index contributed by atoms with van der Waals surface area (Å²) >= 11 is 0. The zero-order chi connectivity index (χ0) is 24.8. The van der Waals surface area contributed by atoms with E-state index < -0.39 is 0 Å². The van der Waals surface area contributed by atoms with Crippen LogP contribution in [-0.2, 0) is 16.1 Å². The maximum Gasteiger partial charge on any atom is 0.243 e. The standard InChI is InChI=1S/C27H31F2N3O3/c28-23-9-7-20(8-10-23)27(35)21-11-15-30(16-12-21)13-3-4-14-32-25(33)18-31(19-26(32)34)17-22-5-1-2-6-24(22)29/h1-2,5-10,21H,3-4,11-19H2. The quantitative estimate of drug-likeness (QED) is 0.310. The van der Waals surface area contributed by atoms with E-state index in [0.717, 1.165) is 45.3 Å². The zero-order valence-electron chi connectivity index (χ0n) is 19.8. The van der Waals surface area contributed by atoms with Gasteiger partial charge in [0.25, 0.3) is 0 Å². The van der Waals surface area contributed by atoms with Crippen LogP contribution in [0.3, 0.4) is 0 Å². The summed E-state index contributed by atoms with van der Waals surface area (Å²) in [6.07, 6.45) is 3.13. The molecule has 2 aliphatic heterocycles. The largest absolute Gasteiger partial charge is 0.303 e. The van der Waals surface area contributed by atoms with Crippen molar-refractivity contribution in [2.75, 3.05) is 39.3 Å². The van der Waals surface area contributed by atoms with Crippen LogP contribution in [-0.4, -0.2) is 71.6 Å². The van der Waals surface area contributed by atoms with Crippen LogP contribution in [0.4, 0.5) is 8.78 Å². The molecule has 0 N–H and O–H groups in total. The number of hydrogen-bond acceptors (Lipinski definition) is 5. The molecule has 2 heterocycles. The molecular weight excluding hydrogens is 452 g/mol. The van der Waals surface area contributed by atoms with Gasteiger partial charge in [-0.3, -0.25) is 24.2 Å². The van der Waals surface area contributed by atoms with E-state index in [0.29, 0.717) is 17.7 Å². The number of halogens is 2. The van der Waals surface area contributed by atoms with Crippen LogP contribution in [0, 0.1) is 17.6 Å². The van der Waals surface area contributed by atoms with Crippen molar-refractivity contribution in [2.45, 2.75) is 32.2 Å². The van der Waals surface area contributed by atoms with Crippen molar-refractivity contribution in [3.05, 3.63) is 71.3 Å². The first-order valence-corrected chi connectivity index (χ1v) is 12.2. The average molecular weight is 484 g/mol. The Morgan fingerprint density at radius 2 is 1.46 bits per heavy atom. The van der Waals surface area contributed by atoms with Gasteiger partial charge in [0.1, 0.15) is 11.6 Å². The Bertz CT molecular complexity index is 1030. The van der Waals surface area contributed by atoms with Crippen molar-refractivity contribution in [1.82, 2.24) is 14.7 Å². The van der Waals surface area contributed by atoms with Crippen molar-refractivity contribution in [3.8, 4) is 0 Å². The van der Waals surface area contributed by atoms with E-state index in [4.69, 9.17) is 0 Å². The molecule has 0 aliphatic carbocycles. The van der Waals surface area contributed by atoms with Gasteiger partial charge in [-0.2, -0.15) is 0 Å². The van der Waals surface area contributed by atoms with Gasteiger partial charge in [-0.1, -0.05) is 18.2 Å². The van der Waals surface area contributed by atoms with Crippen LogP contribution < -0.4 is 0 Å². The van der Waals surface area contributed by atoms with E-state index in [1.54, 1.807) is 35.2 Å². The van der Waals surface area contributed by atoms with E-state index >= 15 is 0 Å². The highest BCUT2D eigenvalue weighted by molar-refractivity contribution is 5.99. The van der Waals surface area contributed by atoms with Gasteiger partial charge in [0.15, 0.2) is 5.78 Å². The van der Waals surface area contributed by atoms with Crippen molar-refractivity contribution in [1.29, 1.82) is 0 Å². The number of likely N-dealkylation sites (tertiary alicyclic amines) is 1. The SMILES string of the molecule is O=C(c1ccc(F)cc1)C1CCN(CCCCN2C(=O)CN(Cc3ccccc3F)CC2=O)CC1. The van der Waals surface area contributed by atoms with Crippen LogP contribution in [0.5, 0.6) is 0 Å². The first kappa shape index (κ1) is 25.1. The van der Waals surface area contributed by atoms with Crippen molar-refractivity contribution in [3.63, 3.8) is 0 Å². The number of carbonyl (C=O) groups excluding carboxylic acids is 3. The lowest BCUT2D eigenvalue weighted by atomic mass is 9.89. The number of rotatable bonds is 9. The Labute approximate surface area is 204 Å². The second kappa shape index (κ2) is 11.6. The highest BCUT2D eigenvalue weighted by atomic mass is 19.1. The summed E-state index contributed by atoms with van der Waals surface area (Å²) in [5.41, 5.74) is 1.04. The molecule has 0 saturated carbocycles. The number of piperazine rings is 1. The summed E-state index contributed by atoms with van der Waals surface area (Å²) < 4.78 is 27.0. The summed E-state index contributed by atoms with van der Waals surface area (Å²) in [5.74, 6) is -1.11. The van der Waals surface area contributed by atoms with Gasteiger partial charge in [0, 0.05) is 30.1 Å². The Kier molecular flexibility index (Phi) is 8.36. The van der Waals surface area contributed by atoms with E-state index in [-0.39, 0.29) is 54.8 Å². The van der Waals surface area contributed by atoms with Crippen LogP contribution >= 0.6 is 0 Å². The minimum absolute atomic E-state index is 0.0346. The van der Waals surface area contributed by atoms with Gasteiger partial charge in [-0.25, -0.2) is 8.78 Å². The number of imide groups is 1. The molecule has 2 aromatic rings. The minimum Gasteiger partial charge on any atom is -0.303 e. The molecular formula is C27H31F2N3O3. The number of ketones is 1. The lowest BCUT2D eigenvalue weighted by Crippen LogP contribution is -2.53. The maximum atomic E-state index is 13.9. The van der Waals surface area contributed by atoms with Crippen LogP contribution in [0.1, 0.15) is 41.6 Å². The third kappa shape index (κ3) is 6.58. The van der Waals surface area contributed by atoms with Crippen LogP contribution in [0.25, 0.3) is 0 Å². The van der Waals surface area contributed by atoms with Gasteiger partial charge < -0.3 is 4.90 Å². The van der Waals surface area contributed by atoms with Crippen LogP contribution in [0.15, 0.2) is 48.5 Å². The topological polar surface area (TPSA) is 60.9 Å². The van der Waals surface area contributed by atoms with Gasteiger partial charge in [0.05, 0.1) is 13.1 Å². The molecule has 0 spiro atoms. The summed E-state index contributed by atoms with van der Waals surface area (Å²) in [6, 6.07) is 12.1. The van der Waals surface area contributed by atoms with Crippen molar-refractivity contribution in [2.24, 2.45) is 5.92 Å². The molecule has 2 fully saturated rings. The molecule has 35 heavy (non-hydrogen) atoms. The number of nitrogens with zero attached hydrogens (tertiary/aromatic N) is 3. The Balaban J connectivity index is 1.15. The smallest absolute Gasteiger partial charge is 0.243 e. The Morgan fingerprint density at radius 3 is 2.11 bits per heavy atom. The predicted octanol–water partition coefficient (Wildman–Crippen LogP) is 3.51. The third-order valence-corrected chi connectivity index (χ3v) is 6.86. The summed E-state index contributed by atoms with van der Waals surface area (Å²) in [4.78, 5) is 43.0. The average Bonchev–Trinajstić information content (AvgIpc) is 2.85. The molecule has 0 aromatic heterocycles. The molecule has 2 saturated heterocycles. The molecule has 0 unspecified atom stereocenters. The van der Waals surface area contributed by atoms with Crippen LogP contribution in [0.2, 0.25) is 0 Å². The van der Waals surface area contributed by atoms with E-state index in [2.05, 4.69) is 4.90 Å². The number of piperidine rings is 1. The minimum atomic E-state index is -0.343. The number of Topliss-reactive ketones (excluding diaryl/α,β-unsaturated/α-hetero) is 1. The second-order valence-electron chi connectivity index (χ2n) is 9.37. The molecule has 0 radical (unpaired) electrons. The molecule has 2 amide bonds. The number of hydrogen-bond donors (Lipinski definition) is 0. The second-order valence-corrected chi connectivity index (χ2v) is 9.37. The molecule has 186 valence electrons. The Morgan fingerprint density at radius 1 is 0.829 bits per heavy atom. The molecule has 2 aromatic carbocycles. The Hall–Kier alpha value is -2.97. The first-order valence-electron chi connectivity index (χ1n) is 12.2. The predicted molar refractivity (Wildman–Crippen MR) is 128 cm³/mol. The number of carbonyl (C=O) groups is 3. The summed E-state index contributed by atoms with van der Waals surface area (Å²) in [5, 5.41) is 0. The highest BCUT2D eigenvalue weighted by Gasteiger charge is 2.31. The summed E-state index contributed by atoms with van der Waals surface area (Å²) in [6.45, 7) is 3.34. The van der Waals surface area contributed by atoms with Crippen molar-refractivity contribution >= 4 is 17.6 Å². The van der Waals surface area contributed by atoms with Gasteiger partial charge in [0.2, 0.25) is 11.8 Å². The normalized spacial score (nSPS) is 18.3. The lowest BCUT2D eigenvalue weighted by Gasteiger charge is -2.33. The fourth-order valence-corrected chi connectivity index (χ4v) is 4.85. The fraction of sp³-hybridized carbons (Fsp3) is 0.444.